The molecule has 0 spiro atoms. The van der Waals surface area contributed by atoms with E-state index in [9.17, 15) is 14.7 Å². The van der Waals surface area contributed by atoms with Gasteiger partial charge in [-0.2, -0.15) is 0 Å². The van der Waals surface area contributed by atoms with E-state index < -0.39 is 5.60 Å². The summed E-state index contributed by atoms with van der Waals surface area (Å²) in [5, 5.41) is 16.6. The van der Waals surface area contributed by atoms with E-state index in [-0.39, 0.29) is 23.9 Å². The fourth-order valence-corrected chi connectivity index (χ4v) is 4.53. The van der Waals surface area contributed by atoms with Crippen molar-refractivity contribution in [2.24, 2.45) is 0 Å². The lowest BCUT2D eigenvalue weighted by Crippen LogP contribution is -2.51. The summed E-state index contributed by atoms with van der Waals surface area (Å²) in [5.41, 5.74) is 0.439. The number of aliphatic hydroxyl groups is 1. The van der Waals surface area contributed by atoms with Crippen LogP contribution >= 0.6 is 0 Å². The molecule has 0 saturated carbocycles. The zero-order valence-corrected chi connectivity index (χ0v) is 15.9. The number of rotatable bonds is 5. The number of hydrogen-bond donors (Lipinski definition) is 3. The molecule has 2 aliphatic rings. The van der Waals surface area contributed by atoms with Crippen LogP contribution in [0.3, 0.4) is 0 Å². The molecule has 3 N–H and O–H groups in total. The van der Waals surface area contributed by atoms with Crippen molar-refractivity contribution in [2.75, 3.05) is 17.2 Å². The zero-order chi connectivity index (χ0) is 19.7. The topological polar surface area (TPSA) is 94.8 Å². The van der Waals surface area contributed by atoms with E-state index in [1.807, 2.05) is 6.07 Å². The monoisotopic (exact) mass is 383 g/mol. The smallest absolute Gasteiger partial charge is 0.238 e. The Hall–Kier alpha value is -2.64. The molecule has 2 atom stereocenters. The van der Waals surface area contributed by atoms with E-state index in [0.717, 1.165) is 12.8 Å². The molecule has 0 aliphatic carbocycles. The van der Waals surface area contributed by atoms with Crippen LogP contribution in [0, 0.1) is 0 Å². The maximum absolute atomic E-state index is 12.5. The highest BCUT2D eigenvalue weighted by molar-refractivity contribution is 5.93. The Morgan fingerprint density at radius 3 is 2.25 bits per heavy atom. The Labute approximate surface area is 163 Å². The molecule has 2 saturated heterocycles. The quantitative estimate of drug-likeness (QED) is 0.738. The van der Waals surface area contributed by atoms with Gasteiger partial charge in [-0.25, -0.2) is 0 Å². The third kappa shape index (κ3) is 3.81. The minimum absolute atomic E-state index is 0.0763. The van der Waals surface area contributed by atoms with Gasteiger partial charge in [0.25, 0.3) is 0 Å². The average Bonchev–Trinajstić information content (AvgIpc) is 3.25. The first-order valence-corrected chi connectivity index (χ1v) is 9.62. The first-order chi connectivity index (χ1) is 13.4. The molecule has 2 bridgehead atoms. The van der Waals surface area contributed by atoms with Crippen LogP contribution < -0.4 is 10.6 Å². The minimum atomic E-state index is -0.943. The van der Waals surface area contributed by atoms with Crippen LogP contribution in [-0.2, 0) is 15.2 Å². The molecule has 2 amide bonds. The third-order valence-corrected chi connectivity index (χ3v) is 5.71. The molecule has 3 heterocycles. The van der Waals surface area contributed by atoms with Crippen molar-refractivity contribution in [1.82, 2.24) is 4.90 Å². The fourth-order valence-electron chi connectivity index (χ4n) is 4.53. The average molecular weight is 383 g/mol. The molecule has 2 fully saturated rings. The van der Waals surface area contributed by atoms with Crippen molar-refractivity contribution in [3.05, 3.63) is 48.4 Å². The van der Waals surface area contributed by atoms with Crippen LogP contribution in [0.25, 0.3) is 0 Å². The molecule has 0 unspecified atom stereocenters. The molecule has 4 rings (SSSR count). The van der Waals surface area contributed by atoms with Gasteiger partial charge in [0, 0.05) is 30.4 Å². The summed E-state index contributed by atoms with van der Waals surface area (Å²) >= 11 is 0. The molecule has 7 heteroatoms. The van der Waals surface area contributed by atoms with Crippen molar-refractivity contribution >= 4 is 23.2 Å². The highest BCUT2D eigenvalue weighted by Gasteiger charge is 2.49. The van der Waals surface area contributed by atoms with Crippen LogP contribution in [-0.4, -0.2) is 40.4 Å². The molecular formula is C21H25N3O4. The molecule has 28 heavy (non-hydrogen) atoms. The van der Waals surface area contributed by atoms with Gasteiger partial charge in [-0.3, -0.25) is 14.5 Å². The van der Waals surface area contributed by atoms with Gasteiger partial charge in [-0.1, -0.05) is 0 Å². The van der Waals surface area contributed by atoms with Crippen molar-refractivity contribution in [2.45, 2.75) is 50.3 Å². The molecular weight excluding hydrogens is 358 g/mol. The zero-order valence-electron chi connectivity index (χ0n) is 15.9. The standard InChI is InChI=1S/C21H25N3O4/c1-14(25)22-15-4-6-16(7-5-15)23-20(26)13-24-17-8-9-18(24)12-21(27,11-17)19-3-2-10-28-19/h2-7,10,17-18,27H,8-9,11-13H2,1H3,(H,22,25)(H,23,26)/t17-,18-/m0/s1. The molecule has 2 aromatic rings. The van der Waals surface area contributed by atoms with Gasteiger partial charge in [0.1, 0.15) is 11.4 Å². The Balaban J connectivity index is 1.36. The number of furan rings is 1. The lowest BCUT2D eigenvalue weighted by Gasteiger charge is -2.42. The molecule has 0 radical (unpaired) electrons. The highest BCUT2D eigenvalue weighted by atomic mass is 16.4. The summed E-state index contributed by atoms with van der Waals surface area (Å²) in [6.45, 7) is 1.76. The van der Waals surface area contributed by atoms with Crippen molar-refractivity contribution in [3.8, 4) is 0 Å². The number of amides is 2. The number of carbonyl (C=O) groups is 2. The van der Waals surface area contributed by atoms with Crippen LogP contribution in [0.15, 0.2) is 47.1 Å². The molecule has 148 valence electrons. The number of piperidine rings is 1. The first kappa shape index (κ1) is 18.7. The van der Waals surface area contributed by atoms with Crippen LogP contribution in [0.2, 0.25) is 0 Å². The minimum Gasteiger partial charge on any atom is -0.466 e. The van der Waals surface area contributed by atoms with Gasteiger partial charge < -0.3 is 20.2 Å². The Kier molecular flexibility index (Phi) is 4.95. The van der Waals surface area contributed by atoms with Crippen LogP contribution in [0.4, 0.5) is 11.4 Å². The summed E-state index contributed by atoms with van der Waals surface area (Å²) in [7, 11) is 0. The van der Waals surface area contributed by atoms with Gasteiger partial charge in [0.15, 0.2) is 0 Å². The van der Waals surface area contributed by atoms with Crippen molar-refractivity contribution in [3.63, 3.8) is 0 Å². The maximum Gasteiger partial charge on any atom is 0.238 e. The largest absolute Gasteiger partial charge is 0.466 e. The normalized spacial score (nSPS) is 26.8. The Morgan fingerprint density at radius 1 is 1.11 bits per heavy atom. The van der Waals surface area contributed by atoms with E-state index in [1.54, 1.807) is 36.6 Å². The van der Waals surface area contributed by atoms with Gasteiger partial charge in [0.2, 0.25) is 11.8 Å². The van der Waals surface area contributed by atoms with E-state index in [2.05, 4.69) is 15.5 Å². The lowest BCUT2D eigenvalue weighted by molar-refractivity contribution is -0.121. The fraction of sp³-hybridized carbons (Fsp3) is 0.429. The lowest BCUT2D eigenvalue weighted by atomic mass is 9.84. The molecule has 1 aromatic carbocycles. The summed E-state index contributed by atoms with van der Waals surface area (Å²) in [4.78, 5) is 25.8. The van der Waals surface area contributed by atoms with Gasteiger partial charge in [0.05, 0.1) is 12.8 Å². The molecule has 7 nitrogen and oxygen atoms in total. The Morgan fingerprint density at radius 2 is 1.71 bits per heavy atom. The van der Waals surface area contributed by atoms with Gasteiger partial charge in [-0.15, -0.1) is 0 Å². The van der Waals surface area contributed by atoms with E-state index in [0.29, 0.717) is 36.5 Å². The number of nitrogens with one attached hydrogen (secondary N) is 2. The SMILES string of the molecule is CC(=O)Nc1ccc(NC(=O)CN2[C@H]3CC[C@H]2CC(O)(c2ccco2)C3)cc1. The number of nitrogens with zero attached hydrogens (tertiary/aromatic N) is 1. The predicted molar refractivity (Wildman–Crippen MR) is 105 cm³/mol. The number of fused-ring (bicyclic) bond motifs is 2. The van der Waals surface area contributed by atoms with Crippen molar-refractivity contribution in [1.29, 1.82) is 0 Å². The van der Waals surface area contributed by atoms with Crippen molar-refractivity contribution < 1.29 is 19.1 Å². The van der Waals surface area contributed by atoms with E-state index in [4.69, 9.17) is 4.42 Å². The van der Waals surface area contributed by atoms with Gasteiger partial charge >= 0.3 is 0 Å². The Bertz CT molecular complexity index is 833. The number of hydrogen-bond acceptors (Lipinski definition) is 5. The third-order valence-electron chi connectivity index (χ3n) is 5.71. The summed E-state index contributed by atoms with van der Waals surface area (Å²) in [5.74, 6) is 0.409. The van der Waals surface area contributed by atoms with Gasteiger partial charge in [-0.05, 0) is 62.1 Å². The number of carbonyl (C=O) groups excluding carboxylic acids is 2. The second-order valence-corrected chi connectivity index (χ2v) is 7.78. The maximum atomic E-state index is 12.5. The first-order valence-electron chi connectivity index (χ1n) is 9.62. The van der Waals surface area contributed by atoms with Crippen LogP contribution in [0.1, 0.15) is 38.4 Å². The summed E-state index contributed by atoms with van der Waals surface area (Å²) < 4.78 is 5.46. The molecule has 1 aromatic heterocycles. The van der Waals surface area contributed by atoms with Crippen LogP contribution in [0.5, 0.6) is 0 Å². The number of anilines is 2. The molecule has 2 aliphatic heterocycles. The van der Waals surface area contributed by atoms with E-state index >= 15 is 0 Å². The van der Waals surface area contributed by atoms with E-state index in [1.165, 1.54) is 6.92 Å². The second kappa shape index (κ2) is 7.41. The number of benzene rings is 1. The highest BCUT2D eigenvalue weighted by Crippen LogP contribution is 2.45. The second-order valence-electron chi connectivity index (χ2n) is 7.78. The summed E-state index contributed by atoms with van der Waals surface area (Å²) in [6, 6.07) is 11.0. The predicted octanol–water partition coefficient (Wildman–Crippen LogP) is 2.69. The summed E-state index contributed by atoms with van der Waals surface area (Å²) in [6.07, 6.45) is 4.70.